The van der Waals surface area contributed by atoms with E-state index in [0.29, 0.717) is 0 Å². The van der Waals surface area contributed by atoms with E-state index in [1.54, 1.807) is 6.08 Å². The van der Waals surface area contributed by atoms with Crippen molar-refractivity contribution in [1.82, 2.24) is 10.9 Å². The van der Waals surface area contributed by atoms with Gasteiger partial charge < -0.3 is 0 Å². The van der Waals surface area contributed by atoms with Gasteiger partial charge in [-0.2, -0.15) is 0 Å². The molecule has 2 aromatic carbocycles. The number of nitrogens with one attached hydrogen (secondary N) is 2. The lowest BCUT2D eigenvalue weighted by atomic mass is 10.2. The number of carbonyl (C=O) groups excluding carboxylic acids is 2. The quantitative estimate of drug-likeness (QED) is 0.651. The summed E-state index contributed by atoms with van der Waals surface area (Å²) >= 11 is 3.36. The Morgan fingerprint density at radius 3 is 2.36 bits per heavy atom. The van der Waals surface area contributed by atoms with Crippen molar-refractivity contribution in [3.8, 4) is 0 Å². The van der Waals surface area contributed by atoms with Gasteiger partial charge in [0.25, 0.3) is 11.8 Å². The van der Waals surface area contributed by atoms with E-state index >= 15 is 0 Å². The first kappa shape index (κ1) is 15.9. The van der Waals surface area contributed by atoms with E-state index in [4.69, 9.17) is 0 Å². The van der Waals surface area contributed by atoms with Crippen LogP contribution < -0.4 is 10.9 Å². The SMILES string of the molecule is O=C(C=Cc1ccccc1Br)NNC(=O)c1ccc(F)cc1. The summed E-state index contributed by atoms with van der Waals surface area (Å²) in [7, 11) is 0. The normalized spacial score (nSPS) is 10.5. The lowest BCUT2D eigenvalue weighted by Crippen LogP contribution is -2.40. The number of hydrazine groups is 1. The Morgan fingerprint density at radius 1 is 1.00 bits per heavy atom. The van der Waals surface area contributed by atoms with Gasteiger partial charge in [0.1, 0.15) is 5.82 Å². The molecule has 0 saturated heterocycles. The summed E-state index contributed by atoms with van der Waals surface area (Å²) in [6, 6.07) is 12.4. The molecule has 0 aromatic heterocycles. The molecule has 112 valence electrons. The summed E-state index contributed by atoms with van der Waals surface area (Å²) in [5.41, 5.74) is 5.58. The molecule has 0 aliphatic carbocycles. The highest BCUT2D eigenvalue weighted by molar-refractivity contribution is 9.10. The summed E-state index contributed by atoms with van der Waals surface area (Å²) in [6.07, 6.45) is 2.91. The Balaban J connectivity index is 1.89. The van der Waals surface area contributed by atoms with Gasteiger partial charge in [-0.15, -0.1) is 0 Å². The molecule has 0 bridgehead atoms. The van der Waals surface area contributed by atoms with Crippen LogP contribution in [0, 0.1) is 5.82 Å². The van der Waals surface area contributed by atoms with Crippen LogP contribution in [-0.2, 0) is 4.79 Å². The van der Waals surface area contributed by atoms with Crippen molar-refractivity contribution < 1.29 is 14.0 Å². The van der Waals surface area contributed by atoms with Gasteiger partial charge in [-0.3, -0.25) is 20.4 Å². The third kappa shape index (κ3) is 4.53. The molecular formula is C16H12BrFN2O2. The Morgan fingerprint density at radius 2 is 1.68 bits per heavy atom. The summed E-state index contributed by atoms with van der Waals surface area (Å²) in [6.45, 7) is 0. The monoisotopic (exact) mass is 362 g/mol. The largest absolute Gasteiger partial charge is 0.269 e. The second kappa shape index (κ2) is 7.51. The van der Waals surface area contributed by atoms with Crippen LogP contribution in [0.2, 0.25) is 0 Å². The van der Waals surface area contributed by atoms with Crippen LogP contribution >= 0.6 is 15.9 Å². The number of rotatable bonds is 3. The molecule has 2 amide bonds. The van der Waals surface area contributed by atoms with Crippen LogP contribution in [-0.4, -0.2) is 11.8 Å². The molecule has 22 heavy (non-hydrogen) atoms. The molecule has 0 heterocycles. The van der Waals surface area contributed by atoms with Crippen molar-refractivity contribution in [3.63, 3.8) is 0 Å². The molecule has 2 aromatic rings. The van der Waals surface area contributed by atoms with Crippen molar-refractivity contribution in [2.24, 2.45) is 0 Å². The molecule has 6 heteroatoms. The molecule has 0 saturated carbocycles. The number of hydrogen-bond acceptors (Lipinski definition) is 2. The topological polar surface area (TPSA) is 58.2 Å². The number of halogens is 2. The molecule has 0 spiro atoms. The molecular weight excluding hydrogens is 351 g/mol. The molecule has 0 aliphatic rings. The van der Waals surface area contributed by atoms with Crippen LogP contribution in [0.5, 0.6) is 0 Å². The van der Waals surface area contributed by atoms with Crippen LogP contribution in [0.1, 0.15) is 15.9 Å². The minimum atomic E-state index is -0.525. The maximum atomic E-state index is 12.7. The predicted octanol–water partition coefficient (Wildman–Crippen LogP) is 3.06. The molecule has 0 radical (unpaired) electrons. The van der Waals surface area contributed by atoms with Gasteiger partial charge >= 0.3 is 0 Å². The number of carbonyl (C=O) groups is 2. The van der Waals surface area contributed by atoms with Crippen molar-refractivity contribution in [2.45, 2.75) is 0 Å². The van der Waals surface area contributed by atoms with Gasteiger partial charge in [0.05, 0.1) is 0 Å². The van der Waals surface area contributed by atoms with Gasteiger partial charge in [0.2, 0.25) is 0 Å². The first-order valence-corrected chi connectivity index (χ1v) is 7.14. The molecule has 0 fully saturated rings. The summed E-state index contributed by atoms with van der Waals surface area (Å²) in [5.74, 6) is -1.44. The first-order chi connectivity index (χ1) is 10.6. The molecule has 0 unspecified atom stereocenters. The van der Waals surface area contributed by atoms with Gasteiger partial charge in [0, 0.05) is 16.1 Å². The van der Waals surface area contributed by atoms with Crippen molar-refractivity contribution in [3.05, 3.63) is 76.0 Å². The highest BCUT2D eigenvalue weighted by Gasteiger charge is 2.05. The van der Waals surface area contributed by atoms with Crippen LogP contribution in [0.4, 0.5) is 4.39 Å². The number of amides is 2. The molecule has 4 nitrogen and oxygen atoms in total. The second-order valence-electron chi connectivity index (χ2n) is 4.31. The van der Waals surface area contributed by atoms with Gasteiger partial charge in [-0.1, -0.05) is 34.1 Å². The van der Waals surface area contributed by atoms with Crippen molar-refractivity contribution >= 4 is 33.8 Å². The van der Waals surface area contributed by atoms with Gasteiger partial charge in [-0.25, -0.2) is 4.39 Å². The highest BCUT2D eigenvalue weighted by Crippen LogP contribution is 2.16. The molecule has 2 rings (SSSR count). The Kier molecular flexibility index (Phi) is 5.43. The maximum Gasteiger partial charge on any atom is 0.269 e. The minimum Gasteiger partial charge on any atom is -0.268 e. The molecule has 0 aliphatic heterocycles. The van der Waals surface area contributed by atoms with E-state index in [1.165, 1.54) is 30.3 Å². The van der Waals surface area contributed by atoms with Crippen molar-refractivity contribution in [2.75, 3.05) is 0 Å². The third-order valence-electron chi connectivity index (χ3n) is 2.73. The summed E-state index contributed by atoms with van der Waals surface area (Å²) < 4.78 is 13.6. The van der Waals surface area contributed by atoms with E-state index in [0.717, 1.165) is 10.0 Å². The highest BCUT2D eigenvalue weighted by atomic mass is 79.9. The van der Waals surface area contributed by atoms with E-state index in [2.05, 4.69) is 26.8 Å². The average molecular weight is 363 g/mol. The fourth-order valence-electron chi connectivity index (χ4n) is 1.61. The van der Waals surface area contributed by atoms with Crippen LogP contribution in [0.3, 0.4) is 0 Å². The smallest absolute Gasteiger partial charge is 0.268 e. The molecule has 0 atom stereocenters. The summed E-state index contributed by atoms with van der Waals surface area (Å²) in [5, 5.41) is 0. The molecule has 2 N–H and O–H groups in total. The second-order valence-corrected chi connectivity index (χ2v) is 5.16. The van der Waals surface area contributed by atoms with Gasteiger partial charge in [-0.05, 0) is 42.0 Å². The van der Waals surface area contributed by atoms with E-state index in [1.807, 2.05) is 24.3 Å². The predicted molar refractivity (Wildman–Crippen MR) is 85.2 cm³/mol. The summed E-state index contributed by atoms with van der Waals surface area (Å²) in [4.78, 5) is 23.3. The van der Waals surface area contributed by atoms with Crippen LogP contribution in [0.25, 0.3) is 6.08 Å². The van der Waals surface area contributed by atoms with Crippen LogP contribution in [0.15, 0.2) is 59.1 Å². The fourth-order valence-corrected chi connectivity index (χ4v) is 2.03. The Labute approximate surface area is 135 Å². The zero-order valence-electron chi connectivity index (χ0n) is 11.3. The number of benzene rings is 2. The fraction of sp³-hybridized carbons (Fsp3) is 0. The zero-order valence-corrected chi connectivity index (χ0v) is 12.9. The first-order valence-electron chi connectivity index (χ1n) is 6.35. The standard InChI is InChI=1S/C16H12BrFN2O2/c17-14-4-2-1-3-11(14)7-10-15(21)19-20-16(22)12-5-8-13(18)9-6-12/h1-10H,(H,19,21)(H,20,22). The van der Waals surface area contributed by atoms with Crippen molar-refractivity contribution in [1.29, 1.82) is 0 Å². The maximum absolute atomic E-state index is 12.7. The Bertz CT molecular complexity index is 714. The zero-order chi connectivity index (χ0) is 15.9. The number of hydrogen-bond donors (Lipinski definition) is 2. The van der Waals surface area contributed by atoms with E-state index < -0.39 is 17.6 Å². The van der Waals surface area contributed by atoms with E-state index in [9.17, 15) is 14.0 Å². The minimum absolute atomic E-state index is 0.247. The average Bonchev–Trinajstić information content (AvgIpc) is 2.52. The third-order valence-corrected chi connectivity index (χ3v) is 3.45. The van der Waals surface area contributed by atoms with E-state index in [-0.39, 0.29) is 5.56 Å². The van der Waals surface area contributed by atoms with Gasteiger partial charge in [0.15, 0.2) is 0 Å². The Hall–Kier alpha value is -2.47. The lowest BCUT2D eigenvalue weighted by molar-refractivity contribution is -0.117. The lowest BCUT2D eigenvalue weighted by Gasteiger charge is -2.05.